The van der Waals surface area contributed by atoms with E-state index in [0.29, 0.717) is 32.4 Å². The van der Waals surface area contributed by atoms with Crippen molar-refractivity contribution in [2.45, 2.75) is 103 Å². The van der Waals surface area contributed by atoms with Crippen LogP contribution in [0.4, 0.5) is 0 Å². The van der Waals surface area contributed by atoms with E-state index in [2.05, 4.69) is 26.6 Å². The molecule has 0 saturated carbocycles. The minimum Gasteiger partial charge on any atom is -0.394 e. The standard InChI is InChI=1S/C27H54N8O10/c1-6-30-24(42)16(9-7-8-10-35(28)29)32-19(38)12-31-25(43)17(11-14(2)3)33-26(44)20(15(4)5)34-27(45)23(41)22(40)21(39)18(37)13-36/h14-18,20-23,36-37,39-41H,6-13,28-29H2,1-5H3,(H,30,42)(H,31,43)(H,32,38)(H,33,44)(H,34,45)/t16-,17-,18+,20-,21+,22-,23+/m0/s1. The van der Waals surface area contributed by atoms with Gasteiger partial charge in [-0.25, -0.2) is 0 Å². The van der Waals surface area contributed by atoms with Gasteiger partial charge in [0.25, 0.3) is 5.91 Å². The van der Waals surface area contributed by atoms with Crippen molar-refractivity contribution in [2.75, 3.05) is 26.2 Å². The van der Waals surface area contributed by atoms with Crippen molar-refractivity contribution >= 4 is 29.5 Å². The normalized spacial score (nSPS) is 16.2. The van der Waals surface area contributed by atoms with E-state index in [1.807, 2.05) is 0 Å². The van der Waals surface area contributed by atoms with Gasteiger partial charge in [0.2, 0.25) is 23.6 Å². The predicted molar refractivity (Wildman–Crippen MR) is 162 cm³/mol. The van der Waals surface area contributed by atoms with E-state index in [1.54, 1.807) is 34.6 Å². The summed E-state index contributed by atoms with van der Waals surface area (Å²) in [6, 6.07) is -3.29. The third-order valence-corrected chi connectivity index (χ3v) is 6.70. The van der Waals surface area contributed by atoms with Crippen molar-refractivity contribution in [2.24, 2.45) is 23.5 Å². The molecule has 0 aromatic heterocycles. The zero-order valence-electron chi connectivity index (χ0n) is 26.7. The zero-order valence-corrected chi connectivity index (χ0v) is 26.7. The number of rotatable bonds is 22. The number of carbonyl (C=O) groups excluding carboxylic acids is 5. The fourth-order valence-electron chi connectivity index (χ4n) is 4.16. The molecular weight excluding hydrogens is 596 g/mol. The van der Waals surface area contributed by atoms with Crippen molar-refractivity contribution in [1.29, 1.82) is 0 Å². The number of aliphatic hydroxyl groups is 5. The van der Waals surface area contributed by atoms with Gasteiger partial charge in [-0.3, -0.25) is 35.7 Å². The Morgan fingerprint density at radius 3 is 1.87 bits per heavy atom. The van der Waals surface area contributed by atoms with E-state index < -0.39 is 91.1 Å². The monoisotopic (exact) mass is 650 g/mol. The fourth-order valence-corrected chi connectivity index (χ4v) is 4.16. The molecule has 0 saturated heterocycles. The van der Waals surface area contributed by atoms with Gasteiger partial charge in [0.15, 0.2) is 6.10 Å². The number of nitrogens with one attached hydrogen (secondary N) is 5. The first kappa shape index (κ1) is 42.0. The molecule has 0 bridgehead atoms. The summed E-state index contributed by atoms with van der Waals surface area (Å²) < 4.78 is 0. The quantitative estimate of drug-likeness (QED) is 0.0297. The van der Waals surface area contributed by atoms with E-state index in [1.165, 1.54) is 0 Å². The number of unbranched alkanes of at least 4 members (excludes halogenated alkanes) is 1. The van der Waals surface area contributed by atoms with E-state index in [0.717, 1.165) is 5.12 Å². The molecule has 0 heterocycles. The van der Waals surface area contributed by atoms with Gasteiger partial charge in [-0.05, 0) is 44.4 Å². The highest BCUT2D eigenvalue weighted by Crippen LogP contribution is 2.10. The summed E-state index contributed by atoms with van der Waals surface area (Å²) in [4.78, 5) is 63.9. The molecule has 0 aliphatic rings. The molecule has 0 aromatic carbocycles. The van der Waals surface area contributed by atoms with Crippen molar-refractivity contribution in [3.8, 4) is 0 Å². The second kappa shape index (κ2) is 21.7. The SMILES string of the molecule is CCNC(=O)[C@H](CCCCN(N)N)NC(=O)CNC(=O)[C@H](CC(C)C)NC(=O)[C@@H](NC(=O)[C@H](O)[C@@H](O)[C@H](O)[C@H](O)CO)C(C)C. The molecular formula is C27H54N8O10. The third-order valence-electron chi connectivity index (χ3n) is 6.70. The average Bonchev–Trinajstić information content (AvgIpc) is 2.97. The molecule has 18 nitrogen and oxygen atoms in total. The summed E-state index contributed by atoms with van der Waals surface area (Å²) in [6.07, 6.45) is -6.74. The van der Waals surface area contributed by atoms with Gasteiger partial charge in [-0.2, -0.15) is 5.12 Å². The Balaban J connectivity index is 5.43. The molecule has 0 unspecified atom stereocenters. The Kier molecular flexibility index (Phi) is 20.3. The molecule has 45 heavy (non-hydrogen) atoms. The molecule has 0 rings (SSSR count). The van der Waals surface area contributed by atoms with Gasteiger partial charge in [0.1, 0.15) is 36.4 Å². The smallest absolute Gasteiger partial charge is 0.252 e. The number of likely N-dealkylation sites (N-methyl/N-ethyl adjacent to an activating group) is 1. The second-order valence-electron chi connectivity index (χ2n) is 11.6. The van der Waals surface area contributed by atoms with E-state index >= 15 is 0 Å². The molecule has 0 spiro atoms. The topological polar surface area (TPSA) is 302 Å². The number of nitrogens with zero attached hydrogens (tertiary/aromatic N) is 1. The van der Waals surface area contributed by atoms with Crippen molar-refractivity contribution in [1.82, 2.24) is 31.7 Å². The van der Waals surface area contributed by atoms with Crippen LogP contribution in [0.2, 0.25) is 0 Å². The molecule has 7 atom stereocenters. The van der Waals surface area contributed by atoms with Crippen LogP contribution in [0.15, 0.2) is 0 Å². The maximum atomic E-state index is 13.2. The molecule has 262 valence electrons. The summed E-state index contributed by atoms with van der Waals surface area (Å²) in [5.41, 5.74) is 0. The first-order chi connectivity index (χ1) is 21.0. The molecule has 0 aliphatic carbocycles. The van der Waals surface area contributed by atoms with Gasteiger partial charge in [0.05, 0.1) is 13.2 Å². The number of carbonyl (C=O) groups is 5. The van der Waals surface area contributed by atoms with Crippen LogP contribution in [0.5, 0.6) is 0 Å². The molecule has 14 N–H and O–H groups in total. The maximum absolute atomic E-state index is 13.2. The highest BCUT2D eigenvalue weighted by molar-refractivity contribution is 5.94. The number of hydrogen-bond donors (Lipinski definition) is 12. The summed E-state index contributed by atoms with van der Waals surface area (Å²) in [5.74, 6) is 6.35. The Bertz CT molecular complexity index is 939. The van der Waals surface area contributed by atoms with Crippen LogP contribution in [0.1, 0.15) is 60.3 Å². The minimum atomic E-state index is -2.26. The summed E-state index contributed by atoms with van der Waals surface area (Å²) in [6.45, 7) is 7.79. The van der Waals surface area contributed by atoms with Gasteiger partial charge >= 0.3 is 0 Å². The number of hydrogen-bond acceptors (Lipinski definition) is 13. The van der Waals surface area contributed by atoms with Gasteiger partial charge in [-0.15, -0.1) is 0 Å². The predicted octanol–water partition coefficient (Wildman–Crippen LogP) is -4.95. The van der Waals surface area contributed by atoms with Crippen molar-refractivity contribution in [3.05, 3.63) is 0 Å². The minimum absolute atomic E-state index is 0.0848. The lowest BCUT2D eigenvalue weighted by molar-refractivity contribution is -0.151. The van der Waals surface area contributed by atoms with Gasteiger partial charge in [0, 0.05) is 13.1 Å². The molecule has 0 aliphatic heterocycles. The molecule has 0 radical (unpaired) electrons. The summed E-state index contributed by atoms with van der Waals surface area (Å²) in [5, 5.41) is 61.9. The lowest BCUT2D eigenvalue weighted by Gasteiger charge is -2.29. The molecule has 18 heteroatoms. The first-order valence-corrected chi connectivity index (χ1v) is 15.0. The Morgan fingerprint density at radius 1 is 0.756 bits per heavy atom. The first-order valence-electron chi connectivity index (χ1n) is 15.0. The summed E-state index contributed by atoms with van der Waals surface area (Å²) in [7, 11) is 0. The van der Waals surface area contributed by atoms with Crippen LogP contribution in [-0.4, -0.2) is 129 Å². The number of aliphatic hydroxyl groups excluding tert-OH is 5. The Morgan fingerprint density at radius 2 is 1.36 bits per heavy atom. The lowest BCUT2D eigenvalue weighted by atomic mass is 9.98. The summed E-state index contributed by atoms with van der Waals surface area (Å²) >= 11 is 0. The number of hydrazine groups is 2. The highest BCUT2D eigenvalue weighted by Gasteiger charge is 2.37. The molecule has 5 amide bonds. The maximum Gasteiger partial charge on any atom is 0.252 e. The van der Waals surface area contributed by atoms with Crippen LogP contribution < -0.4 is 38.3 Å². The highest BCUT2D eigenvalue weighted by atomic mass is 16.4. The van der Waals surface area contributed by atoms with Crippen LogP contribution in [-0.2, 0) is 24.0 Å². The average molecular weight is 651 g/mol. The second-order valence-corrected chi connectivity index (χ2v) is 11.6. The molecule has 0 aromatic rings. The van der Waals surface area contributed by atoms with Crippen LogP contribution in [0.3, 0.4) is 0 Å². The Hall–Kier alpha value is -2.97. The fraction of sp³-hybridized carbons (Fsp3) is 0.815. The molecule has 0 fully saturated rings. The van der Waals surface area contributed by atoms with Crippen molar-refractivity contribution in [3.63, 3.8) is 0 Å². The van der Waals surface area contributed by atoms with Gasteiger partial charge < -0.3 is 52.1 Å². The Labute approximate surface area is 263 Å². The van der Waals surface area contributed by atoms with Gasteiger partial charge in [-0.1, -0.05) is 27.7 Å². The van der Waals surface area contributed by atoms with Crippen molar-refractivity contribution < 1.29 is 49.5 Å². The van der Waals surface area contributed by atoms with E-state index in [9.17, 15) is 44.4 Å². The largest absolute Gasteiger partial charge is 0.394 e. The third kappa shape index (κ3) is 16.2. The van der Waals surface area contributed by atoms with Crippen LogP contribution in [0, 0.1) is 11.8 Å². The zero-order chi connectivity index (χ0) is 34.9. The van der Waals surface area contributed by atoms with E-state index in [-0.39, 0.29) is 12.3 Å². The number of amides is 5. The lowest BCUT2D eigenvalue weighted by Crippen LogP contribution is -2.59. The number of nitrogens with two attached hydrogens (primary N) is 2. The van der Waals surface area contributed by atoms with E-state index in [4.69, 9.17) is 16.8 Å². The van der Waals surface area contributed by atoms with Crippen LogP contribution >= 0.6 is 0 Å². The van der Waals surface area contributed by atoms with Crippen LogP contribution in [0.25, 0.3) is 0 Å².